The van der Waals surface area contributed by atoms with Crippen molar-refractivity contribution in [3.05, 3.63) is 95.7 Å². The van der Waals surface area contributed by atoms with E-state index in [0.29, 0.717) is 12.1 Å². The molecule has 162 valence electrons. The molecule has 6 heteroatoms. The molecule has 0 spiro atoms. The second kappa shape index (κ2) is 9.83. The summed E-state index contributed by atoms with van der Waals surface area (Å²) < 4.78 is 16.5. The Balaban J connectivity index is 1.38. The molecule has 1 N–H and O–H groups in total. The van der Waals surface area contributed by atoms with E-state index in [0.717, 1.165) is 22.3 Å². The van der Waals surface area contributed by atoms with Crippen LogP contribution >= 0.6 is 0 Å². The van der Waals surface area contributed by atoms with Gasteiger partial charge in [0.25, 0.3) is 0 Å². The Morgan fingerprint density at radius 1 is 0.906 bits per heavy atom. The van der Waals surface area contributed by atoms with Crippen LogP contribution in [0.4, 0.5) is 10.5 Å². The van der Waals surface area contributed by atoms with Gasteiger partial charge >= 0.3 is 12.1 Å². The van der Waals surface area contributed by atoms with E-state index in [1.807, 2.05) is 42.5 Å². The Morgan fingerprint density at radius 3 is 2.50 bits per heavy atom. The molecule has 1 aromatic heterocycles. The highest BCUT2D eigenvalue weighted by Gasteiger charge is 2.12. The third kappa shape index (κ3) is 5.35. The molecule has 1 amide bonds. The number of benzene rings is 3. The van der Waals surface area contributed by atoms with Crippen molar-refractivity contribution in [1.29, 1.82) is 0 Å². The van der Waals surface area contributed by atoms with Gasteiger partial charge in [-0.15, -0.1) is 0 Å². The molecule has 4 aromatic rings. The molecule has 0 fully saturated rings. The van der Waals surface area contributed by atoms with Crippen molar-refractivity contribution in [3.63, 3.8) is 0 Å². The molecule has 6 nitrogen and oxygen atoms in total. The number of rotatable bonds is 7. The molecule has 0 unspecified atom stereocenters. The zero-order chi connectivity index (χ0) is 22.3. The molecule has 0 radical (unpaired) electrons. The quantitative estimate of drug-likeness (QED) is 0.284. The van der Waals surface area contributed by atoms with Crippen molar-refractivity contribution >= 4 is 28.7 Å². The summed E-state index contributed by atoms with van der Waals surface area (Å²) in [5, 5.41) is 3.57. The highest BCUT2D eigenvalue weighted by molar-refractivity contribution is 5.88. The van der Waals surface area contributed by atoms with Gasteiger partial charge in [0.05, 0.1) is 5.69 Å². The van der Waals surface area contributed by atoms with Crippen LogP contribution in [-0.2, 0) is 22.6 Å². The van der Waals surface area contributed by atoms with E-state index >= 15 is 0 Å². The predicted octanol–water partition coefficient (Wildman–Crippen LogP) is 6.09. The average molecular weight is 429 g/mol. The first-order valence-corrected chi connectivity index (χ1v) is 10.4. The third-order valence-corrected chi connectivity index (χ3v) is 4.86. The lowest BCUT2D eigenvalue weighted by Crippen LogP contribution is -2.15. The van der Waals surface area contributed by atoms with Crippen LogP contribution in [0, 0.1) is 0 Å². The summed E-state index contributed by atoms with van der Waals surface area (Å²) in [5.41, 5.74) is 3.17. The number of fused-ring (bicyclic) bond motifs is 1. The minimum atomic E-state index is -0.637. The van der Waals surface area contributed by atoms with Crippen molar-refractivity contribution in [2.75, 3.05) is 5.32 Å². The van der Waals surface area contributed by atoms with Crippen molar-refractivity contribution in [2.45, 2.75) is 26.4 Å². The fourth-order valence-electron chi connectivity index (χ4n) is 3.27. The zero-order valence-corrected chi connectivity index (χ0v) is 17.7. The second-order valence-electron chi connectivity index (χ2n) is 7.27. The number of anilines is 1. The van der Waals surface area contributed by atoms with Crippen molar-refractivity contribution < 1.29 is 23.5 Å². The Bertz CT molecular complexity index is 1230. The molecule has 0 aliphatic carbocycles. The summed E-state index contributed by atoms with van der Waals surface area (Å²) in [6.45, 7) is 1.80. The summed E-state index contributed by atoms with van der Waals surface area (Å²) in [4.78, 5) is 23.8. The number of hydrogen-bond acceptors (Lipinski definition) is 5. The molecule has 0 saturated carbocycles. The lowest BCUT2D eigenvalue weighted by molar-refractivity contribution is -0.133. The van der Waals surface area contributed by atoms with Gasteiger partial charge in [-0.25, -0.2) is 4.79 Å². The van der Waals surface area contributed by atoms with Gasteiger partial charge in [0.1, 0.15) is 18.0 Å². The minimum Gasteiger partial charge on any atom is -0.461 e. The summed E-state index contributed by atoms with van der Waals surface area (Å²) in [6, 6.07) is 24.5. The first-order valence-electron chi connectivity index (χ1n) is 10.4. The fourth-order valence-corrected chi connectivity index (χ4v) is 3.27. The standard InChI is InChI=1S/C26H23NO5/c1-2-25(28)32-24-11-7-6-10-22(24)27-26(29)30-17-19-12-13-23-20(14-19)16-21(31-23)15-18-8-4-3-5-9-18/h3-14,16H,2,15,17H2,1H3,(H,27,29). The lowest BCUT2D eigenvalue weighted by atomic mass is 10.1. The number of amides is 1. The smallest absolute Gasteiger partial charge is 0.412 e. The largest absolute Gasteiger partial charge is 0.461 e. The summed E-state index contributed by atoms with van der Waals surface area (Å²) >= 11 is 0. The number of carbonyl (C=O) groups excluding carboxylic acids is 2. The maximum Gasteiger partial charge on any atom is 0.412 e. The van der Waals surface area contributed by atoms with E-state index in [1.54, 1.807) is 31.2 Å². The average Bonchev–Trinajstić information content (AvgIpc) is 3.21. The lowest BCUT2D eigenvalue weighted by Gasteiger charge is -2.11. The molecule has 0 saturated heterocycles. The van der Waals surface area contributed by atoms with Gasteiger partial charge in [0.2, 0.25) is 0 Å². The summed E-state index contributed by atoms with van der Waals surface area (Å²) in [5.74, 6) is 0.773. The van der Waals surface area contributed by atoms with Gasteiger partial charge < -0.3 is 13.9 Å². The number of hydrogen-bond donors (Lipinski definition) is 1. The summed E-state index contributed by atoms with van der Waals surface area (Å²) in [7, 11) is 0. The van der Waals surface area contributed by atoms with Crippen molar-refractivity contribution in [2.24, 2.45) is 0 Å². The molecule has 0 aliphatic heterocycles. The Labute approximate surface area is 185 Å². The summed E-state index contributed by atoms with van der Waals surface area (Å²) in [6.07, 6.45) is 0.315. The molecular weight excluding hydrogens is 406 g/mol. The fraction of sp³-hybridized carbons (Fsp3) is 0.154. The van der Waals surface area contributed by atoms with Crippen LogP contribution < -0.4 is 10.1 Å². The minimum absolute atomic E-state index is 0.0951. The van der Waals surface area contributed by atoms with E-state index in [9.17, 15) is 9.59 Å². The Morgan fingerprint density at radius 2 is 1.69 bits per heavy atom. The van der Waals surface area contributed by atoms with Gasteiger partial charge in [-0.2, -0.15) is 0 Å². The molecule has 0 atom stereocenters. The molecule has 0 bridgehead atoms. The first kappa shape index (κ1) is 21.2. The monoisotopic (exact) mass is 429 g/mol. The van der Waals surface area contributed by atoms with E-state index in [2.05, 4.69) is 17.4 Å². The van der Waals surface area contributed by atoms with E-state index in [1.165, 1.54) is 5.56 Å². The molecule has 4 rings (SSSR count). The van der Waals surface area contributed by atoms with Crippen LogP contribution in [0.25, 0.3) is 11.0 Å². The normalized spacial score (nSPS) is 10.7. The Hall–Kier alpha value is -4.06. The predicted molar refractivity (Wildman–Crippen MR) is 122 cm³/mol. The van der Waals surface area contributed by atoms with Gasteiger partial charge in [-0.05, 0) is 41.5 Å². The molecular formula is C26H23NO5. The first-order chi connectivity index (χ1) is 15.6. The number of furan rings is 1. The molecule has 0 aliphatic rings. The van der Waals surface area contributed by atoms with Gasteiger partial charge in [0.15, 0.2) is 5.75 Å². The second-order valence-corrected chi connectivity index (χ2v) is 7.27. The number of nitrogens with one attached hydrogen (secondary N) is 1. The third-order valence-electron chi connectivity index (χ3n) is 4.86. The van der Waals surface area contributed by atoms with Crippen molar-refractivity contribution in [3.8, 4) is 5.75 Å². The van der Waals surface area contributed by atoms with Crippen LogP contribution in [-0.4, -0.2) is 12.1 Å². The SMILES string of the molecule is CCC(=O)Oc1ccccc1NC(=O)OCc1ccc2oc(Cc3ccccc3)cc2c1. The van der Waals surface area contributed by atoms with Crippen molar-refractivity contribution in [1.82, 2.24) is 0 Å². The van der Waals surface area contributed by atoms with E-state index in [-0.39, 0.29) is 24.7 Å². The van der Waals surface area contributed by atoms with Crippen LogP contribution in [0.2, 0.25) is 0 Å². The van der Waals surface area contributed by atoms with Gasteiger partial charge in [-0.1, -0.05) is 55.5 Å². The molecule has 3 aromatic carbocycles. The molecule has 1 heterocycles. The molecule has 32 heavy (non-hydrogen) atoms. The highest BCUT2D eigenvalue weighted by Crippen LogP contribution is 2.25. The van der Waals surface area contributed by atoms with Crippen LogP contribution in [0.5, 0.6) is 5.75 Å². The number of carbonyl (C=O) groups is 2. The maximum absolute atomic E-state index is 12.3. The Kier molecular flexibility index (Phi) is 6.51. The number of esters is 1. The number of ether oxygens (including phenoxy) is 2. The van der Waals surface area contributed by atoms with Gasteiger partial charge in [-0.3, -0.25) is 10.1 Å². The van der Waals surface area contributed by atoms with E-state index < -0.39 is 6.09 Å². The van der Waals surface area contributed by atoms with Gasteiger partial charge in [0, 0.05) is 18.2 Å². The maximum atomic E-state index is 12.3. The van der Waals surface area contributed by atoms with Crippen LogP contribution in [0.15, 0.2) is 83.3 Å². The highest BCUT2D eigenvalue weighted by atomic mass is 16.6. The van der Waals surface area contributed by atoms with E-state index in [4.69, 9.17) is 13.9 Å². The topological polar surface area (TPSA) is 77.8 Å². The van der Waals surface area contributed by atoms with Crippen LogP contribution in [0.3, 0.4) is 0 Å². The number of para-hydroxylation sites is 2. The zero-order valence-electron chi connectivity index (χ0n) is 17.7. The van der Waals surface area contributed by atoms with Crippen LogP contribution in [0.1, 0.15) is 30.2 Å².